The lowest BCUT2D eigenvalue weighted by Crippen LogP contribution is -2.42. The first-order valence-electron chi connectivity index (χ1n) is 6.23. The second-order valence-corrected chi connectivity index (χ2v) is 5.37. The molecule has 1 aromatic rings. The van der Waals surface area contributed by atoms with Gasteiger partial charge in [-0.3, -0.25) is 0 Å². The third-order valence-electron chi connectivity index (χ3n) is 3.53. The average Bonchev–Trinajstić information content (AvgIpc) is 2.30. The minimum Gasteiger partial charge on any atom is -0.395 e. The second kappa shape index (κ2) is 5.99. The quantitative estimate of drug-likeness (QED) is 0.877. The van der Waals surface area contributed by atoms with Crippen molar-refractivity contribution in [3.8, 4) is 0 Å². The first kappa shape index (κ1) is 13.8. The number of aliphatic hydroxyl groups is 1. The molecule has 0 heterocycles. The van der Waals surface area contributed by atoms with Gasteiger partial charge in [-0.15, -0.1) is 0 Å². The van der Waals surface area contributed by atoms with Gasteiger partial charge < -0.3 is 15.7 Å². The lowest BCUT2D eigenvalue weighted by molar-refractivity contribution is 0.282. The Labute approximate surface area is 115 Å². The van der Waals surface area contributed by atoms with Crippen molar-refractivity contribution in [2.75, 3.05) is 18.1 Å². The van der Waals surface area contributed by atoms with E-state index in [0.717, 1.165) is 18.4 Å². The Morgan fingerprint density at radius 2 is 2.17 bits per heavy atom. The Balaban J connectivity index is 2.32. The summed E-state index contributed by atoms with van der Waals surface area (Å²) < 4.78 is 14.8. The van der Waals surface area contributed by atoms with Crippen LogP contribution in [0.3, 0.4) is 0 Å². The summed E-state index contributed by atoms with van der Waals surface area (Å²) in [5.74, 6) is -0.279. The minimum atomic E-state index is -0.279. The van der Waals surface area contributed by atoms with Gasteiger partial charge in [-0.25, -0.2) is 4.39 Å². The molecule has 18 heavy (non-hydrogen) atoms. The highest BCUT2D eigenvalue weighted by Crippen LogP contribution is 2.34. The summed E-state index contributed by atoms with van der Waals surface area (Å²) in [6.45, 7) is 0.809. The van der Waals surface area contributed by atoms with Gasteiger partial charge in [0.2, 0.25) is 0 Å². The first-order chi connectivity index (χ1) is 8.69. The van der Waals surface area contributed by atoms with Crippen molar-refractivity contribution in [2.24, 2.45) is 5.73 Å². The van der Waals surface area contributed by atoms with E-state index in [2.05, 4.69) is 15.9 Å². The van der Waals surface area contributed by atoms with Crippen molar-refractivity contribution in [3.63, 3.8) is 0 Å². The molecule has 0 radical (unpaired) electrons. The molecule has 100 valence electrons. The summed E-state index contributed by atoms with van der Waals surface area (Å²) in [4.78, 5) is 1.96. The van der Waals surface area contributed by atoms with E-state index in [9.17, 15) is 4.39 Å². The molecular weight excluding hydrogens is 299 g/mol. The summed E-state index contributed by atoms with van der Waals surface area (Å²) >= 11 is 3.26. The van der Waals surface area contributed by atoms with Crippen molar-refractivity contribution in [3.05, 3.63) is 28.0 Å². The van der Waals surface area contributed by atoms with E-state index in [4.69, 9.17) is 10.8 Å². The van der Waals surface area contributed by atoms with E-state index < -0.39 is 0 Å². The van der Waals surface area contributed by atoms with Crippen molar-refractivity contribution in [2.45, 2.75) is 31.8 Å². The van der Waals surface area contributed by atoms with Crippen LogP contribution in [0.5, 0.6) is 0 Å². The Morgan fingerprint density at radius 1 is 1.44 bits per heavy atom. The summed E-state index contributed by atoms with van der Waals surface area (Å²) in [5.41, 5.74) is 6.86. The maximum Gasteiger partial charge on any atom is 0.160 e. The zero-order chi connectivity index (χ0) is 13.1. The zero-order valence-corrected chi connectivity index (χ0v) is 11.8. The number of hydrogen-bond donors (Lipinski definition) is 2. The van der Waals surface area contributed by atoms with E-state index in [1.54, 1.807) is 6.07 Å². The number of nitrogens with zero attached hydrogens (tertiary/aromatic N) is 1. The fraction of sp³-hybridized carbons (Fsp3) is 0.538. The fourth-order valence-electron chi connectivity index (χ4n) is 2.26. The van der Waals surface area contributed by atoms with Crippen LogP contribution in [0, 0.1) is 5.82 Å². The van der Waals surface area contributed by atoms with Crippen LogP contribution in [-0.2, 0) is 6.54 Å². The summed E-state index contributed by atoms with van der Waals surface area (Å²) in [6.07, 6.45) is 3.31. The van der Waals surface area contributed by atoms with Crippen LogP contribution in [0.25, 0.3) is 0 Å². The highest BCUT2D eigenvalue weighted by Gasteiger charge is 2.27. The third kappa shape index (κ3) is 2.53. The number of nitrogens with two attached hydrogens (primary N) is 1. The molecule has 1 aliphatic carbocycles. The van der Waals surface area contributed by atoms with E-state index in [1.807, 2.05) is 11.0 Å². The lowest BCUT2D eigenvalue weighted by Gasteiger charge is -2.39. The van der Waals surface area contributed by atoms with Crippen LogP contribution >= 0.6 is 15.9 Å². The van der Waals surface area contributed by atoms with Gasteiger partial charge in [0.1, 0.15) is 0 Å². The number of hydrogen-bond acceptors (Lipinski definition) is 3. The number of halogens is 2. The second-order valence-electron chi connectivity index (χ2n) is 4.58. The molecule has 0 bridgehead atoms. The summed E-state index contributed by atoms with van der Waals surface area (Å²) in [6, 6.07) is 3.95. The molecule has 1 fully saturated rings. The van der Waals surface area contributed by atoms with Crippen LogP contribution in [0.2, 0.25) is 0 Å². The summed E-state index contributed by atoms with van der Waals surface area (Å²) in [7, 11) is 0. The third-order valence-corrected chi connectivity index (χ3v) is 4.39. The van der Waals surface area contributed by atoms with Gasteiger partial charge in [0.25, 0.3) is 0 Å². The number of benzene rings is 1. The van der Waals surface area contributed by atoms with Gasteiger partial charge in [0, 0.05) is 19.1 Å². The van der Waals surface area contributed by atoms with Crippen LogP contribution in [0.15, 0.2) is 16.6 Å². The molecule has 1 saturated carbocycles. The molecule has 0 aromatic heterocycles. The Bertz CT molecular complexity index is 424. The Kier molecular flexibility index (Phi) is 4.59. The molecule has 0 unspecified atom stereocenters. The number of anilines is 1. The Hall–Kier alpha value is -0.650. The van der Waals surface area contributed by atoms with E-state index in [1.165, 1.54) is 6.42 Å². The standard InChI is InChI=1S/C13H18BrFN2O/c14-12-9(8-16)4-5-11(13(12)15)17(6-7-18)10-2-1-3-10/h4-5,10,18H,1-3,6-8,16H2. The highest BCUT2D eigenvalue weighted by atomic mass is 79.9. The fourth-order valence-corrected chi connectivity index (χ4v) is 2.76. The maximum atomic E-state index is 14.3. The lowest BCUT2D eigenvalue weighted by atomic mass is 9.91. The molecular formula is C13H18BrFN2O. The van der Waals surface area contributed by atoms with Crippen molar-refractivity contribution < 1.29 is 9.50 Å². The van der Waals surface area contributed by atoms with Crippen molar-refractivity contribution in [1.82, 2.24) is 0 Å². The summed E-state index contributed by atoms with van der Waals surface area (Å²) in [5, 5.41) is 9.13. The van der Waals surface area contributed by atoms with Gasteiger partial charge in [0.15, 0.2) is 5.82 Å². The molecule has 1 aromatic carbocycles. The van der Waals surface area contributed by atoms with Gasteiger partial charge in [-0.05, 0) is 46.8 Å². The Morgan fingerprint density at radius 3 is 2.67 bits per heavy atom. The number of aliphatic hydroxyl groups excluding tert-OH is 1. The molecule has 3 N–H and O–H groups in total. The normalized spacial score (nSPS) is 15.6. The molecule has 0 saturated heterocycles. The van der Waals surface area contributed by atoms with Crippen LogP contribution in [0.1, 0.15) is 24.8 Å². The molecule has 1 aliphatic rings. The van der Waals surface area contributed by atoms with Gasteiger partial charge in [-0.2, -0.15) is 0 Å². The first-order valence-corrected chi connectivity index (χ1v) is 7.02. The molecule has 0 aliphatic heterocycles. The predicted molar refractivity (Wildman–Crippen MR) is 74.1 cm³/mol. The molecule has 3 nitrogen and oxygen atoms in total. The minimum absolute atomic E-state index is 0.0339. The van der Waals surface area contributed by atoms with E-state index >= 15 is 0 Å². The average molecular weight is 317 g/mol. The van der Waals surface area contributed by atoms with Gasteiger partial charge >= 0.3 is 0 Å². The van der Waals surface area contributed by atoms with Gasteiger partial charge in [0.05, 0.1) is 16.8 Å². The SMILES string of the molecule is NCc1ccc(N(CCO)C2CCC2)c(F)c1Br. The topological polar surface area (TPSA) is 49.5 Å². The van der Waals surface area contributed by atoms with E-state index in [0.29, 0.717) is 29.3 Å². The van der Waals surface area contributed by atoms with Crippen LogP contribution < -0.4 is 10.6 Å². The smallest absolute Gasteiger partial charge is 0.160 e. The molecule has 5 heteroatoms. The molecule has 0 amide bonds. The molecule has 0 atom stereocenters. The van der Waals surface area contributed by atoms with Crippen LogP contribution in [0.4, 0.5) is 10.1 Å². The number of rotatable bonds is 5. The van der Waals surface area contributed by atoms with Crippen molar-refractivity contribution >= 4 is 21.6 Å². The predicted octanol–water partition coefficient (Wildman–Crippen LogP) is 2.40. The highest BCUT2D eigenvalue weighted by molar-refractivity contribution is 9.10. The van der Waals surface area contributed by atoms with E-state index in [-0.39, 0.29) is 12.4 Å². The zero-order valence-electron chi connectivity index (χ0n) is 10.2. The van der Waals surface area contributed by atoms with Crippen LogP contribution in [-0.4, -0.2) is 24.3 Å². The molecule has 2 rings (SSSR count). The van der Waals surface area contributed by atoms with Crippen molar-refractivity contribution in [1.29, 1.82) is 0 Å². The largest absolute Gasteiger partial charge is 0.395 e. The maximum absolute atomic E-state index is 14.3. The molecule has 0 spiro atoms. The van der Waals surface area contributed by atoms with Gasteiger partial charge in [-0.1, -0.05) is 6.07 Å². The monoisotopic (exact) mass is 316 g/mol.